The van der Waals surface area contributed by atoms with E-state index in [1.165, 1.54) is 19.4 Å². The van der Waals surface area contributed by atoms with E-state index in [1.807, 2.05) is 19.2 Å². The van der Waals surface area contributed by atoms with E-state index in [0.29, 0.717) is 12.5 Å². The van der Waals surface area contributed by atoms with Crippen molar-refractivity contribution in [1.82, 2.24) is 9.88 Å². The van der Waals surface area contributed by atoms with Gasteiger partial charge in [0, 0.05) is 19.6 Å². The normalized spacial score (nSPS) is 21.6. The molecule has 0 saturated carbocycles. The molecule has 4 nitrogen and oxygen atoms in total. The van der Waals surface area contributed by atoms with Crippen LogP contribution in [0.25, 0.3) is 0 Å². The first-order valence-corrected chi connectivity index (χ1v) is 7.17. The molecule has 2 atom stereocenters. The lowest BCUT2D eigenvalue weighted by atomic mass is 10.1. The van der Waals surface area contributed by atoms with Crippen LogP contribution in [0, 0.1) is 0 Å². The molecule has 1 fully saturated rings. The Morgan fingerprint density at radius 1 is 1.53 bits per heavy atom. The quantitative estimate of drug-likeness (QED) is 0.882. The fraction of sp³-hybridized carbons (Fsp3) is 0.667. The number of aromatic nitrogens is 1. The summed E-state index contributed by atoms with van der Waals surface area (Å²) < 4.78 is 0. The van der Waals surface area contributed by atoms with E-state index >= 15 is 0 Å². The van der Waals surface area contributed by atoms with Crippen molar-refractivity contribution in [2.75, 3.05) is 32.1 Å². The van der Waals surface area contributed by atoms with Crippen LogP contribution in [0.1, 0.15) is 38.0 Å². The highest BCUT2D eigenvalue weighted by molar-refractivity contribution is 5.44. The van der Waals surface area contributed by atoms with Gasteiger partial charge in [-0.2, -0.15) is 0 Å². The lowest BCUT2D eigenvalue weighted by Gasteiger charge is -2.27. The van der Waals surface area contributed by atoms with Crippen LogP contribution in [0.5, 0.6) is 0 Å². The topological polar surface area (TPSA) is 39.6 Å². The van der Waals surface area contributed by atoms with Crippen LogP contribution < -0.4 is 4.90 Å². The molecular weight excluding hydrogens is 238 g/mol. The molecule has 2 heterocycles. The molecule has 0 amide bonds. The van der Waals surface area contributed by atoms with E-state index in [4.69, 9.17) is 0 Å². The summed E-state index contributed by atoms with van der Waals surface area (Å²) in [6, 6.07) is 4.63. The third kappa shape index (κ3) is 3.45. The molecule has 1 aromatic heterocycles. The second-order valence-corrected chi connectivity index (χ2v) is 5.52. The average molecular weight is 263 g/mol. The van der Waals surface area contributed by atoms with Gasteiger partial charge in [-0.3, -0.25) is 4.98 Å². The summed E-state index contributed by atoms with van der Waals surface area (Å²) in [4.78, 5) is 9.04. The van der Waals surface area contributed by atoms with Gasteiger partial charge in [0.2, 0.25) is 0 Å². The molecule has 1 aromatic rings. The van der Waals surface area contributed by atoms with E-state index in [9.17, 15) is 5.11 Å². The largest absolute Gasteiger partial charge is 0.387 e. The lowest BCUT2D eigenvalue weighted by molar-refractivity contribution is 0.169. The van der Waals surface area contributed by atoms with E-state index in [1.54, 1.807) is 0 Å². The van der Waals surface area contributed by atoms with Gasteiger partial charge in [-0.25, -0.2) is 0 Å². The number of likely N-dealkylation sites (tertiary alicyclic amines) is 1. The first-order chi connectivity index (χ1) is 9.11. The second-order valence-electron chi connectivity index (χ2n) is 5.52. The molecule has 4 heteroatoms. The van der Waals surface area contributed by atoms with Gasteiger partial charge in [-0.15, -0.1) is 0 Å². The highest BCUT2D eigenvalue weighted by atomic mass is 16.3. The van der Waals surface area contributed by atoms with Crippen molar-refractivity contribution in [3.63, 3.8) is 0 Å². The van der Waals surface area contributed by atoms with Gasteiger partial charge in [-0.05, 0) is 45.0 Å². The number of hydrogen-bond donors (Lipinski definition) is 1. The summed E-state index contributed by atoms with van der Waals surface area (Å²) in [5.74, 6) is 0. The van der Waals surface area contributed by atoms with Crippen molar-refractivity contribution in [1.29, 1.82) is 0 Å². The van der Waals surface area contributed by atoms with Crippen LogP contribution in [0.2, 0.25) is 0 Å². The smallest absolute Gasteiger partial charge is 0.0957 e. The summed E-state index contributed by atoms with van der Waals surface area (Å²) in [7, 11) is 4.31. The minimum Gasteiger partial charge on any atom is -0.387 e. The summed E-state index contributed by atoms with van der Waals surface area (Å²) in [6.45, 7) is 4.20. The summed E-state index contributed by atoms with van der Waals surface area (Å²) in [6.07, 6.45) is 4.70. The number of anilines is 1. The van der Waals surface area contributed by atoms with Crippen molar-refractivity contribution in [2.45, 2.75) is 38.3 Å². The van der Waals surface area contributed by atoms with Gasteiger partial charge < -0.3 is 14.9 Å². The number of likely N-dealkylation sites (N-methyl/N-ethyl adjacent to an activating group) is 2. The molecule has 2 rings (SSSR count). The summed E-state index contributed by atoms with van der Waals surface area (Å²) in [5.41, 5.74) is 1.88. The molecular formula is C15H25N3O. The molecule has 1 aliphatic heterocycles. The Morgan fingerprint density at radius 2 is 2.32 bits per heavy atom. The zero-order valence-corrected chi connectivity index (χ0v) is 12.2. The van der Waals surface area contributed by atoms with Crippen molar-refractivity contribution in [3.8, 4) is 0 Å². The highest BCUT2D eigenvalue weighted by Crippen LogP contribution is 2.20. The van der Waals surface area contributed by atoms with E-state index in [0.717, 1.165) is 17.9 Å². The Bertz CT molecular complexity index is 393. The zero-order valence-electron chi connectivity index (χ0n) is 12.2. The van der Waals surface area contributed by atoms with Crippen molar-refractivity contribution >= 4 is 5.69 Å². The van der Waals surface area contributed by atoms with Gasteiger partial charge in [0.05, 0.1) is 23.7 Å². The summed E-state index contributed by atoms with van der Waals surface area (Å²) >= 11 is 0. The van der Waals surface area contributed by atoms with Gasteiger partial charge >= 0.3 is 0 Å². The Kier molecular flexibility index (Phi) is 4.77. The third-order valence-electron chi connectivity index (χ3n) is 4.10. The van der Waals surface area contributed by atoms with E-state index in [2.05, 4.69) is 34.9 Å². The molecule has 0 aromatic carbocycles. The molecule has 106 valence electrons. The Morgan fingerprint density at radius 3 is 2.84 bits per heavy atom. The van der Waals surface area contributed by atoms with Crippen molar-refractivity contribution in [3.05, 3.63) is 24.0 Å². The second kappa shape index (κ2) is 6.35. The third-order valence-corrected chi connectivity index (χ3v) is 4.10. The number of pyridine rings is 1. The minimum atomic E-state index is -0.444. The molecule has 1 saturated heterocycles. The SMILES string of the molecule is CC[C@@H](O)c1ccc(N(C)CC2CCCN2C)cn1. The maximum absolute atomic E-state index is 9.74. The van der Waals surface area contributed by atoms with Gasteiger partial charge in [0.25, 0.3) is 0 Å². The van der Waals surface area contributed by atoms with Gasteiger partial charge in [0.15, 0.2) is 0 Å². The molecule has 0 bridgehead atoms. The zero-order chi connectivity index (χ0) is 13.8. The van der Waals surface area contributed by atoms with Crippen LogP contribution in [-0.4, -0.2) is 48.2 Å². The van der Waals surface area contributed by atoms with Gasteiger partial charge in [-0.1, -0.05) is 6.92 Å². The standard InChI is InChI=1S/C15H25N3O/c1-4-15(19)14-8-7-12(10-16-14)18(3)11-13-6-5-9-17(13)2/h7-8,10,13,15,19H,4-6,9,11H2,1-3H3/t13?,15-/m1/s1. The van der Waals surface area contributed by atoms with Crippen molar-refractivity contribution in [2.24, 2.45) is 0 Å². The Labute approximate surface area is 116 Å². The molecule has 1 N–H and O–H groups in total. The molecule has 1 aliphatic rings. The number of rotatable bonds is 5. The molecule has 0 radical (unpaired) electrons. The van der Waals surface area contributed by atoms with E-state index < -0.39 is 6.10 Å². The number of nitrogens with zero attached hydrogens (tertiary/aromatic N) is 3. The molecule has 1 unspecified atom stereocenters. The van der Waals surface area contributed by atoms with Crippen LogP contribution in [0.15, 0.2) is 18.3 Å². The van der Waals surface area contributed by atoms with Crippen LogP contribution in [0.4, 0.5) is 5.69 Å². The summed E-state index contributed by atoms with van der Waals surface area (Å²) in [5, 5.41) is 9.74. The Balaban J connectivity index is 1.97. The van der Waals surface area contributed by atoms with Gasteiger partial charge in [0.1, 0.15) is 0 Å². The monoisotopic (exact) mass is 263 g/mol. The van der Waals surface area contributed by atoms with Crippen LogP contribution >= 0.6 is 0 Å². The average Bonchev–Trinajstić information content (AvgIpc) is 2.83. The first kappa shape index (κ1) is 14.3. The maximum atomic E-state index is 9.74. The predicted molar refractivity (Wildman–Crippen MR) is 78.4 cm³/mol. The minimum absolute atomic E-state index is 0.444. The number of aliphatic hydroxyl groups excluding tert-OH is 1. The fourth-order valence-electron chi connectivity index (χ4n) is 2.66. The molecule has 19 heavy (non-hydrogen) atoms. The van der Waals surface area contributed by atoms with Crippen molar-refractivity contribution < 1.29 is 5.11 Å². The Hall–Kier alpha value is -1.13. The number of aliphatic hydroxyl groups is 1. The van der Waals surface area contributed by atoms with Crippen LogP contribution in [-0.2, 0) is 0 Å². The fourth-order valence-corrected chi connectivity index (χ4v) is 2.66. The maximum Gasteiger partial charge on any atom is 0.0957 e. The molecule has 0 aliphatic carbocycles. The van der Waals surface area contributed by atoms with Crippen LogP contribution in [0.3, 0.4) is 0 Å². The lowest BCUT2D eigenvalue weighted by Crippen LogP contribution is -2.36. The first-order valence-electron chi connectivity index (χ1n) is 7.17. The predicted octanol–water partition coefficient (Wildman–Crippen LogP) is 2.06. The number of hydrogen-bond acceptors (Lipinski definition) is 4. The van der Waals surface area contributed by atoms with E-state index in [-0.39, 0.29) is 0 Å². The highest BCUT2D eigenvalue weighted by Gasteiger charge is 2.22. The molecule has 0 spiro atoms.